The molecule has 0 aliphatic rings. The first kappa shape index (κ1) is 26.0. The number of carbonyl (C=O) groups is 2. The minimum absolute atomic E-state index is 0.0913. The summed E-state index contributed by atoms with van der Waals surface area (Å²) in [7, 11) is 3.72. The fourth-order valence-electron chi connectivity index (χ4n) is 2.84. The molecule has 0 unspecified atom stereocenters. The maximum Gasteiger partial charge on any atom is 0.138 e. The Bertz CT molecular complexity index is 435. The van der Waals surface area contributed by atoms with E-state index in [4.69, 9.17) is 0 Å². The van der Waals surface area contributed by atoms with E-state index in [2.05, 4.69) is 55.4 Å². The molecule has 0 aliphatic heterocycles. The highest BCUT2D eigenvalue weighted by Gasteiger charge is 2.31. The molecule has 0 atom stereocenters. The van der Waals surface area contributed by atoms with Gasteiger partial charge in [-0.3, -0.25) is 9.59 Å². The summed E-state index contributed by atoms with van der Waals surface area (Å²) in [5, 5.41) is 0. The van der Waals surface area contributed by atoms with Gasteiger partial charge in [0.25, 0.3) is 0 Å². The van der Waals surface area contributed by atoms with Crippen molar-refractivity contribution in [3.63, 3.8) is 0 Å². The zero-order valence-corrected chi connectivity index (χ0v) is 20.1. The molecule has 0 aliphatic carbocycles. The van der Waals surface area contributed by atoms with Crippen molar-refractivity contribution in [2.45, 2.75) is 112 Å². The molecule has 0 aromatic carbocycles. The van der Waals surface area contributed by atoms with Gasteiger partial charge in [0, 0.05) is 34.2 Å². The van der Waals surface area contributed by atoms with Crippen molar-refractivity contribution in [2.75, 3.05) is 5.75 Å². The third-order valence-electron chi connectivity index (χ3n) is 6.34. The number of Topliss-reactive ketones (excluding diaryl/α,β-unsaturated/α-hetero) is 2. The highest BCUT2D eigenvalue weighted by atomic mass is 33.1. The Kier molecular flexibility index (Phi) is 11.8. The topological polar surface area (TPSA) is 34.1 Å². The molecule has 0 amide bonds. The molecule has 0 radical (unpaired) electrons. The van der Waals surface area contributed by atoms with Crippen LogP contribution < -0.4 is 0 Å². The Morgan fingerprint density at radius 1 is 0.731 bits per heavy atom. The third kappa shape index (κ3) is 8.37. The van der Waals surface area contributed by atoms with Crippen LogP contribution in [-0.4, -0.2) is 22.1 Å². The van der Waals surface area contributed by atoms with Crippen LogP contribution in [0.1, 0.15) is 107 Å². The van der Waals surface area contributed by atoms with Gasteiger partial charge in [-0.2, -0.15) is 0 Å². The number of hydrogen-bond donors (Lipinski definition) is 0. The van der Waals surface area contributed by atoms with Crippen molar-refractivity contribution in [3.8, 4) is 0 Å². The molecule has 0 heterocycles. The van der Waals surface area contributed by atoms with Crippen molar-refractivity contribution < 1.29 is 9.59 Å². The van der Waals surface area contributed by atoms with E-state index in [1.807, 2.05) is 21.6 Å². The van der Waals surface area contributed by atoms with Gasteiger partial charge in [-0.1, -0.05) is 63.1 Å². The molecule has 0 aromatic rings. The van der Waals surface area contributed by atoms with Crippen LogP contribution in [0.15, 0.2) is 0 Å². The smallest absolute Gasteiger partial charge is 0.138 e. The first-order valence-corrected chi connectivity index (χ1v) is 12.7. The minimum atomic E-state index is -0.153. The second kappa shape index (κ2) is 11.8. The summed E-state index contributed by atoms with van der Waals surface area (Å²) < 4.78 is 0.0913. The zero-order valence-electron chi connectivity index (χ0n) is 18.5. The summed E-state index contributed by atoms with van der Waals surface area (Å²) in [5.41, 5.74) is -0.290. The summed E-state index contributed by atoms with van der Waals surface area (Å²) in [4.78, 5) is 24.9. The van der Waals surface area contributed by atoms with Gasteiger partial charge < -0.3 is 0 Å². The molecule has 0 bridgehead atoms. The van der Waals surface area contributed by atoms with Crippen molar-refractivity contribution in [3.05, 3.63) is 0 Å². The van der Waals surface area contributed by atoms with Crippen molar-refractivity contribution in [1.29, 1.82) is 0 Å². The van der Waals surface area contributed by atoms with Gasteiger partial charge in [-0.25, -0.2) is 0 Å². The Labute approximate surface area is 170 Å². The van der Waals surface area contributed by atoms with Crippen LogP contribution in [0.4, 0.5) is 0 Å². The molecular weight excluding hydrogens is 360 g/mol. The molecule has 0 spiro atoms. The van der Waals surface area contributed by atoms with E-state index < -0.39 is 0 Å². The highest BCUT2D eigenvalue weighted by molar-refractivity contribution is 8.77. The molecule has 4 heteroatoms. The van der Waals surface area contributed by atoms with Crippen molar-refractivity contribution in [2.24, 2.45) is 10.8 Å². The van der Waals surface area contributed by atoms with Crippen molar-refractivity contribution >= 4 is 33.2 Å². The first-order chi connectivity index (χ1) is 12.0. The van der Waals surface area contributed by atoms with E-state index >= 15 is 0 Å². The van der Waals surface area contributed by atoms with Crippen LogP contribution >= 0.6 is 21.6 Å². The van der Waals surface area contributed by atoms with Crippen LogP contribution in [0.2, 0.25) is 0 Å². The van der Waals surface area contributed by atoms with E-state index in [0.717, 1.165) is 44.3 Å². The Morgan fingerprint density at radius 2 is 1.15 bits per heavy atom. The van der Waals surface area contributed by atoms with Crippen molar-refractivity contribution in [1.82, 2.24) is 0 Å². The molecular formula is C22H42O2S2. The second-order valence-electron chi connectivity index (χ2n) is 8.65. The van der Waals surface area contributed by atoms with E-state index in [-0.39, 0.29) is 15.6 Å². The summed E-state index contributed by atoms with van der Waals surface area (Å²) >= 11 is 0. The lowest BCUT2D eigenvalue weighted by molar-refractivity contribution is -0.129. The summed E-state index contributed by atoms with van der Waals surface area (Å²) in [6.07, 6.45) is 6.94. The lowest BCUT2D eigenvalue weighted by Gasteiger charge is -2.28. The first-order valence-electron chi connectivity index (χ1n) is 10.4. The standard InChI is InChI=1S/C22H42O2S2/c1-9-21(7,10-2)18(23)14-13-17-25-26-20(5,6)16-15-19(24)22(8,11-3)12-4/h9-17H2,1-8H3. The van der Waals surface area contributed by atoms with E-state index in [0.29, 0.717) is 24.4 Å². The number of carbonyl (C=O) groups excluding carboxylic acids is 2. The van der Waals surface area contributed by atoms with E-state index in [1.165, 1.54) is 0 Å². The Balaban J connectivity index is 4.19. The van der Waals surface area contributed by atoms with Gasteiger partial charge in [0.05, 0.1) is 0 Å². The lowest BCUT2D eigenvalue weighted by Crippen LogP contribution is -2.28. The molecule has 0 aromatic heterocycles. The maximum atomic E-state index is 12.5. The number of rotatable bonds is 15. The fraction of sp³-hybridized carbons (Fsp3) is 0.909. The second-order valence-corrected chi connectivity index (χ2v) is 11.8. The molecule has 0 saturated carbocycles. The maximum absolute atomic E-state index is 12.5. The minimum Gasteiger partial charge on any atom is -0.299 e. The van der Waals surface area contributed by atoms with Gasteiger partial charge in [0.2, 0.25) is 0 Å². The molecule has 154 valence electrons. The monoisotopic (exact) mass is 402 g/mol. The molecule has 0 N–H and O–H groups in total. The average Bonchev–Trinajstić information content (AvgIpc) is 2.64. The highest BCUT2D eigenvalue weighted by Crippen LogP contribution is 2.40. The van der Waals surface area contributed by atoms with E-state index in [9.17, 15) is 9.59 Å². The number of hydrogen-bond acceptors (Lipinski definition) is 4. The van der Waals surface area contributed by atoms with Gasteiger partial charge in [0.1, 0.15) is 11.6 Å². The number of ketones is 2. The molecule has 2 nitrogen and oxygen atoms in total. The van der Waals surface area contributed by atoms with Gasteiger partial charge in [-0.15, -0.1) is 0 Å². The zero-order chi connectivity index (χ0) is 20.4. The Hall–Kier alpha value is 0.0400. The van der Waals surface area contributed by atoms with Crippen LogP contribution in [0.25, 0.3) is 0 Å². The molecule has 0 saturated heterocycles. The van der Waals surface area contributed by atoms with Crippen LogP contribution in [0.3, 0.4) is 0 Å². The SMILES string of the molecule is CCC(C)(CC)C(=O)CCCSSC(C)(C)CCC(=O)C(C)(CC)CC. The van der Waals surface area contributed by atoms with E-state index in [1.54, 1.807) is 0 Å². The molecule has 26 heavy (non-hydrogen) atoms. The van der Waals surface area contributed by atoms with Crippen LogP contribution in [-0.2, 0) is 9.59 Å². The third-order valence-corrected chi connectivity index (χ3v) is 9.77. The summed E-state index contributed by atoms with van der Waals surface area (Å²) in [6.45, 7) is 17.1. The van der Waals surface area contributed by atoms with Crippen LogP contribution in [0, 0.1) is 10.8 Å². The predicted molar refractivity (Wildman–Crippen MR) is 120 cm³/mol. The van der Waals surface area contributed by atoms with Crippen LogP contribution in [0.5, 0.6) is 0 Å². The average molecular weight is 403 g/mol. The summed E-state index contributed by atoms with van der Waals surface area (Å²) in [5.74, 6) is 1.82. The molecule has 0 fully saturated rings. The largest absolute Gasteiger partial charge is 0.299 e. The quantitative estimate of drug-likeness (QED) is 0.210. The Morgan fingerprint density at radius 3 is 1.58 bits per heavy atom. The molecule has 0 rings (SSSR count). The van der Waals surface area contributed by atoms with Gasteiger partial charge in [-0.05, 0) is 52.4 Å². The predicted octanol–water partition coefficient (Wildman–Crippen LogP) is 7.50. The normalized spacial score (nSPS) is 13.1. The summed E-state index contributed by atoms with van der Waals surface area (Å²) in [6, 6.07) is 0. The van der Waals surface area contributed by atoms with Gasteiger partial charge >= 0.3 is 0 Å². The van der Waals surface area contributed by atoms with Gasteiger partial charge in [0.15, 0.2) is 0 Å². The fourth-order valence-corrected chi connectivity index (χ4v) is 5.50. The lowest BCUT2D eigenvalue weighted by atomic mass is 9.78.